The van der Waals surface area contributed by atoms with Crippen LogP contribution in [0.3, 0.4) is 0 Å². The predicted octanol–water partition coefficient (Wildman–Crippen LogP) is 1.73. The van der Waals surface area contributed by atoms with E-state index < -0.39 is 6.10 Å². The van der Waals surface area contributed by atoms with E-state index in [9.17, 15) is 4.79 Å². The second kappa shape index (κ2) is 4.12. The molecular weight excluding hydrogens is 242 g/mol. The number of aryl methyl sites for hydroxylation is 1. The van der Waals surface area contributed by atoms with Gasteiger partial charge in [-0.3, -0.25) is 4.79 Å². The van der Waals surface area contributed by atoms with Gasteiger partial charge in [-0.1, -0.05) is 18.2 Å². The van der Waals surface area contributed by atoms with Crippen LogP contribution in [0.5, 0.6) is 5.75 Å². The minimum absolute atomic E-state index is 0.173. The summed E-state index contributed by atoms with van der Waals surface area (Å²) in [5, 5.41) is 4.18. The Bertz CT molecular complexity index is 636. The molecule has 2 aromatic rings. The number of aromatic nitrogens is 2. The van der Waals surface area contributed by atoms with E-state index in [1.807, 2.05) is 24.3 Å². The second-order valence-corrected chi connectivity index (χ2v) is 4.75. The number of nitrogens with zero attached hydrogens (tertiary/aromatic N) is 2. The number of nitrogen functional groups attached to an aromatic ring is 1. The highest BCUT2D eigenvalue weighted by atomic mass is 16.5. The van der Waals surface area contributed by atoms with Crippen molar-refractivity contribution >= 4 is 11.6 Å². The van der Waals surface area contributed by atoms with Crippen molar-refractivity contribution in [2.75, 3.05) is 5.73 Å². The third-order valence-corrected chi connectivity index (χ3v) is 3.48. The zero-order valence-corrected chi connectivity index (χ0v) is 10.9. The Kier molecular flexibility index (Phi) is 2.55. The third kappa shape index (κ3) is 1.78. The Balaban J connectivity index is 1.89. The van der Waals surface area contributed by atoms with Gasteiger partial charge >= 0.3 is 0 Å². The van der Waals surface area contributed by atoms with Gasteiger partial charge < -0.3 is 10.5 Å². The van der Waals surface area contributed by atoms with E-state index in [0.29, 0.717) is 23.5 Å². The molecule has 5 nitrogen and oxygen atoms in total. The molecule has 0 saturated heterocycles. The van der Waals surface area contributed by atoms with Crippen molar-refractivity contribution in [1.82, 2.24) is 9.78 Å². The highest BCUT2D eigenvalue weighted by Gasteiger charge is 2.31. The van der Waals surface area contributed by atoms with Gasteiger partial charge in [0.05, 0.1) is 17.1 Å². The maximum atomic E-state index is 12.4. The number of fused-ring (bicyclic) bond motifs is 1. The van der Waals surface area contributed by atoms with E-state index in [1.165, 1.54) is 4.68 Å². The van der Waals surface area contributed by atoms with Crippen molar-refractivity contribution in [2.24, 2.45) is 0 Å². The Hall–Kier alpha value is -2.30. The number of carbonyl (C=O) groups is 1. The van der Waals surface area contributed by atoms with Crippen LogP contribution in [0.25, 0.3) is 0 Å². The topological polar surface area (TPSA) is 70.1 Å². The predicted molar refractivity (Wildman–Crippen MR) is 71.3 cm³/mol. The molecule has 19 heavy (non-hydrogen) atoms. The first-order chi connectivity index (χ1) is 9.08. The van der Waals surface area contributed by atoms with Crippen LogP contribution in [0.4, 0.5) is 5.69 Å². The summed E-state index contributed by atoms with van der Waals surface area (Å²) in [7, 11) is 0. The molecular formula is C14H15N3O2. The van der Waals surface area contributed by atoms with Crippen molar-refractivity contribution < 1.29 is 9.53 Å². The molecule has 0 saturated carbocycles. The molecule has 0 aliphatic carbocycles. The Morgan fingerprint density at radius 3 is 2.79 bits per heavy atom. The largest absolute Gasteiger partial charge is 0.480 e. The molecule has 2 heterocycles. The summed E-state index contributed by atoms with van der Waals surface area (Å²) in [5.74, 6) is 0.601. The average Bonchev–Trinajstić information content (AvgIpc) is 2.95. The Morgan fingerprint density at radius 1 is 1.42 bits per heavy atom. The fourth-order valence-electron chi connectivity index (χ4n) is 2.33. The summed E-state index contributed by atoms with van der Waals surface area (Å²) in [6.45, 7) is 3.58. The summed E-state index contributed by atoms with van der Waals surface area (Å²) in [6, 6.07) is 7.68. The first-order valence-electron chi connectivity index (χ1n) is 6.18. The first kappa shape index (κ1) is 11.8. The monoisotopic (exact) mass is 257 g/mol. The van der Waals surface area contributed by atoms with Crippen LogP contribution < -0.4 is 10.5 Å². The fourth-order valence-corrected chi connectivity index (χ4v) is 2.33. The van der Waals surface area contributed by atoms with Gasteiger partial charge in [-0.15, -0.1) is 0 Å². The molecule has 98 valence electrons. The maximum Gasteiger partial charge on any atom is 0.288 e. The fraction of sp³-hybridized carbons (Fsp3) is 0.286. The van der Waals surface area contributed by atoms with Crippen LogP contribution in [0, 0.1) is 13.8 Å². The zero-order valence-electron chi connectivity index (χ0n) is 10.9. The van der Waals surface area contributed by atoms with Gasteiger partial charge in [0.25, 0.3) is 5.91 Å². The van der Waals surface area contributed by atoms with Gasteiger partial charge in [0.2, 0.25) is 0 Å². The summed E-state index contributed by atoms with van der Waals surface area (Å²) >= 11 is 0. The minimum atomic E-state index is -0.519. The van der Waals surface area contributed by atoms with Crippen molar-refractivity contribution in [2.45, 2.75) is 26.4 Å². The van der Waals surface area contributed by atoms with Gasteiger partial charge in [-0.05, 0) is 25.5 Å². The number of rotatable bonds is 1. The molecule has 1 aromatic carbocycles. The number of hydrogen-bond acceptors (Lipinski definition) is 4. The van der Waals surface area contributed by atoms with Crippen LogP contribution in [0.1, 0.15) is 21.7 Å². The number of nitrogens with two attached hydrogens (primary N) is 1. The van der Waals surface area contributed by atoms with Crippen molar-refractivity contribution in [3.63, 3.8) is 0 Å². The van der Waals surface area contributed by atoms with Gasteiger partial charge in [0, 0.05) is 6.42 Å². The molecule has 0 fully saturated rings. The number of hydrogen-bond donors (Lipinski definition) is 1. The molecule has 0 radical (unpaired) electrons. The summed E-state index contributed by atoms with van der Waals surface area (Å²) < 4.78 is 7.02. The summed E-state index contributed by atoms with van der Waals surface area (Å²) in [5.41, 5.74) is 8.79. The maximum absolute atomic E-state index is 12.4. The van der Waals surface area contributed by atoms with Gasteiger partial charge in [0.15, 0.2) is 6.10 Å². The lowest BCUT2D eigenvalue weighted by atomic mass is 10.1. The van der Waals surface area contributed by atoms with E-state index in [2.05, 4.69) is 5.10 Å². The molecule has 0 bridgehead atoms. The quantitative estimate of drug-likeness (QED) is 0.844. The molecule has 1 aliphatic heterocycles. The van der Waals surface area contributed by atoms with Gasteiger partial charge in [-0.2, -0.15) is 9.78 Å². The Morgan fingerprint density at radius 2 is 2.16 bits per heavy atom. The van der Waals surface area contributed by atoms with Crippen LogP contribution >= 0.6 is 0 Å². The molecule has 2 N–H and O–H groups in total. The minimum Gasteiger partial charge on any atom is -0.480 e. The lowest BCUT2D eigenvalue weighted by Crippen LogP contribution is -2.32. The van der Waals surface area contributed by atoms with E-state index in [1.54, 1.807) is 13.8 Å². The van der Waals surface area contributed by atoms with Gasteiger partial charge in [0.1, 0.15) is 5.75 Å². The molecule has 1 aliphatic rings. The summed E-state index contributed by atoms with van der Waals surface area (Å²) in [4.78, 5) is 12.4. The standard InChI is InChI=1S/C14H15N3O2/c1-8-13(15)9(2)17(16-8)14(18)12-7-10-5-3-4-6-11(10)19-12/h3-6,12H,7,15H2,1-2H3. The average molecular weight is 257 g/mol. The van der Waals surface area contributed by atoms with Crippen LogP contribution in [-0.4, -0.2) is 21.8 Å². The molecule has 1 unspecified atom stereocenters. The molecule has 0 amide bonds. The molecule has 5 heteroatoms. The van der Waals surface area contributed by atoms with Crippen LogP contribution in [-0.2, 0) is 6.42 Å². The van der Waals surface area contributed by atoms with E-state index >= 15 is 0 Å². The number of benzene rings is 1. The third-order valence-electron chi connectivity index (χ3n) is 3.48. The van der Waals surface area contributed by atoms with Crippen molar-refractivity contribution in [1.29, 1.82) is 0 Å². The van der Waals surface area contributed by atoms with Crippen molar-refractivity contribution in [3.8, 4) is 5.75 Å². The van der Waals surface area contributed by atoms with Crippen molar-refractivity contribution in [3.05, 3.63) is 41.2 Å². The SMILES string of the molecule is Cc1nn(C(=O)C2Cc3ccccc3O2)c(C)c1N. The normalized spacial score (nSPS) is 17.1. The molecule has 3 rings (SSSR count). The lowest BCUT2D eigenvalue weighted by Gasteiger charge is -2.10. The highest BCUT2D eigenvalue weighted by Crippen LogP contribution is 2.29. The number of ether oxygens (including phenoxy) is 1. The second-order valence-electron chi connectivity index (χ2n) is 4.75. The van der Waals surface area contributed by atoms with E-state index in [4.69, 9.17) is 10.5 Å². The number of carbonyl (C=O) groups excluding carboxylic acids is 1. The molecule has 0 spiro atoms. The molecule has 1 aromatic heterocycles. The van der Waals surface area contributed by atoms with E-state index in [-0.39, 0.29) is 5.91 Å². The van der Waals surface area contributed by atoms with Crippen LogP contribution in [0.2, 0.25) is 0 Å². The zero-order chi connectivity index (χ0) is 13.6. The van der Waals surface area contributed by atoms with Gasteiger partial charge in [-0.25, -0.2) is 0 Å². The number of para-hydroxylation sites is 1. The molecule has 1 atom stereocenters. The number of anilines is 1. The summed E-state index contributed by atoms with van der Waals surface area (Å²) in [6.07, 6.45) is 0.0579. The van der Waals surface area contributed by atoms with E-state index in [0.717, 1.165) is 11.3 Å². The first-order valence-corrected chi connectivity index (χ1v) is 6.18. The lowest BCUT2D eigenvalue weighted by molar-refractivity contribution is 0.0714. The highest BCUT2D eigenvalue weighted by molar-refractivity contribution is 5.85. The smallest absolute Gasteiger partial charge is 0.288 e. The van der Waals surface area contributed by atoms with Crippen LogP contribution in [0.15, 0.2) is 24.3 Å². The Labute approximate surface area is 111 Å².